The molecule has 0 saturated carbocycles. The van der Waals surface area contributed by atoms with Gasteiger partial charge in [0.15, 0.2) is 0 Å². The van der Waals surface area contributed by atoms with Crippen LogP contribution in [0.15, 0.2) is 24.3 Å². The van der Waals surface area contributed by atoms with Gasteiger partial charge in [0.05, 0.1) is 18.0 Å². The van der Waals surface area contributed by atoms with Gasteiger partial charge in [-0.1, -0.05) is 0 Å². The second-order valence-electron chi connectivity index (χ2n) is 5.95. The molecule has 0 atom stereocenters. The number of amides is 1. The number of hydrogen-bond donors (Lipinski definition) is 2. The monoisotopic (exact) mass is 359 g/mol. The highest BCUT2D eigenvalue weighted by Gasteiger charge is 2.14. The summed E-state index contributed by atoms with van der Waals surface area (Å²) in [6.07, 6.45) is 0.529. The first-order chi connectivity index (χ1) is 12.4. The number of carboxylic acid groups (broad SMARTS) is 1. The van der Waals surface area contributed by atoms with E-state index in [1.807, 2.05) is 32.9 Å². The average molecular weight is 359 g/mol. The molecule has 2 aromatic rings. The minimum absolute atomic E-state index is 0.0776. The third-order valence-corrected chi connectivity index (χ3v) is 4.14. The van der Waals surface area contributed by atoms with E-state index in [9.17, 15) is 9.59 Å². The van der Waals surface area contributed by atoms with Crippen molar-refractivity contribution in [2.75, 3.05) is 19.8 Å². The van der Waals surface area contributed by atoms with Gasteiger partial charge in [0.25, 0.3) is 5.91 Å². The van der Waals surface area contributed by atoms with Gasteiger partial charge in [-0.3, -0.25) is 9.59 Å². The second kappa shape index (κ2) is 9.15. The van der Waals surface area contributed by atoms with Crippen LogP contribution >= 0.6 is 0 Å². The molecule has 0 saturated heterocycles. The minimum atomic E-state index is -0.823. The van der Waals surface area contributed by atoms with Crippen LogP contribution in [0.1, 0.15) is 40.7 Å². The van der Waals surface area contributed by atoms with E-state index in [4.69, 9.17) is 9.84 Å². The Labute approximate surface area is 153 Å². The number of nitrogens with one attached hydrogen (secondary N) is 1. The molecule has 26 heavy (non-hydrogen) atoms. The summed E-state index contributed by atoms with van der Waals surface area (Å²) in [5.74, 6) is -0.969. The van der Waals surface area contributed by atoms with Crippen molar-refractivity contribution in [3.8, 4) is 5.69 Å². The van der Waals surface area contributed by atoms with E-state index in [-0.39, 0.29) is 12.3 Å². The number of aliphatic carboxylic acids is 1. The van der Waals surface area contributed by atoms with Crippen LogP contribution in [0.25, 0.3) is 5.69 Å². The van der Waals surface area contributed by atoms with E-state index >= 15 is 0 Å². The van der Waals surface area contributed by atoms with Crippen LogP contribution in [-0.2, 0) is 16.0 Å². The van der Waals surface area contributed by atoms with Crippen molar-refractivity contribution in [2.45, 2.75) is 33.6 Å². The first kappa shape index (κ1) is 19.7. The standard InChI is InChI=1S/C19H25N3O4/c1-4-26-12-11-20-19(25)15-5-7-16(8-6-15)22-14(3)17(13(2)21-22)9-10-18(23)24/h5-8H,4,9-12H2,1-3H3,(H,20,25)(H,23,24). The molecule has 0 bridgehead atoms. The third kappa shape index (κ3) is 4.92. The molecule has 140 valence electrons. The highest BCUT2D eigenvalue weighted by molar-refractivity contribution is 5.94. The van der Waals surface area contributed by atoms with Crippen LogP contribution < -0.4 is 5.32 Å². The lowest BCUT2D eigenvalue weighted by Crippen LogP contribution is -2.27. The molecule has 0 radical (unpaired) electrons. The Morgan fingerprint density at radius 3 is 2.54 bits per heavy atom. The molecule has 1 aromatic carbocycles. The number of carbonyl (C=O) groups excluding carboxylic acids is 1. The number of aromatic nitrogens is 2. The summed E-state index contributed by atoms with van der Waals surface area (Å²) in [5, 5.41) is 16.2. The van der Waals surface area contributed by atoms with Gasteiger partial charge in [0, 0.05) is 30.8 Å². The van der Waals surface area contributed by atoms with Gasteiger partial charge in [0.2, 0.25) is 0 Å². The summed E-state index contributed by atoms with van der Waals surface area (Å²) in [5.41, 5.74) is 4.08. The number of benzene rings is 1. The lowest BCUT2D eigenvalue weighted by atomic mass is 10.1. The Balaban J connectivity index is 2.09. The number of carboxylic acids is 1. The SMILES string of the molecule is CCOCCNC(=O)c1ccc(-n2nc(C)c(CCC(=O)O)c2C)cc1. The molecule has 0 spiro atoms. The normalized spacial score (nSPS) is 10.7. The number of ether oxygens (including phenoxy) is 1. The van der Waals surface area contributed by atoms with Crippen molar-refractivity contribution in [3.63, 3.8) is 0 Å². The van der Waals surface area contributed by atoms with Gasteiger partial charge in [-0.25, -0.2) is 4.68 Å². The molecule has 0 aliphatic carbocycles. The number of hydrogen-bond acceptors (Lipinski definition) is 4. The predicted octanol–water partition coefficient (Wildman–Crippen LogP) is 2.27. The fourth-order valence-corrected chi connectivity index (χ4v) is 2.76. The van der Waals surface area contributed by atoms with E-state index in [1.54, 1.807) is 16.8 Å². The summed E-state index contributed by atoms with van der Waals surface area (Å²) in [6, 6.07) is 7.16. The lowest BCUT2D eigenvalue weighted by Gasteiger charge is -2.08. The van der Waals surface area contributed by atoms with Crippen LogP contribution in [0.2, 0.25) is 0 Å². The molecular weight excluding hydrogens is 334 g/mol. The maximum absolute atomic E-state index is 12.1. The summed E-state index contributed by atoms with van der Waals surface area (Å²) < 4.78 is 6.98. The van der Waals surface area contributed by atoms with E-state index in [0.29, 0.717) is 31.7 Å². The van der Waals surface area contributed by atoms with Crippen LogP contribution in [0.5, 0.6) is 0 Å². The molecule has 0 unspecified atom stereocenters. The van der Waals surface area contributed by atoms with Crippen molar-refractivity contribution < 1.29 is 19.4 Å². The fourth-order valence-electron chi connectivity index (χ4n) is 2.76. The largest absolute Gasteiger partial charge is 0.481 e. The van der Waals surface area contributed by atoms with Crippen molar-refractivity contribution in [3.05, 3.63) is 46.8 Å². The molecular formula is C19H25N3O4. The van der Waals surface area contributed by atoms with Gasteiger partial charge in [-0.15, -0.1) is 0 Å². The Hall–Kier alpha value is -2.67. The van der Waals surface area contributed by atoms with Crippen molar-refractivity contribution in [1.29, 1.82) is 0 Å². The Morgan fingerprint density at radius 2 is 1.92 bits per heavy atom. The highest BCUT2D eigenvalue weighted by Crippen LogP contribution is 2.19. The molecule has 1 amide bonds. The van der Waals surface area contributed by atoms with Crippen molar-refractivity contribution in [2.24, 2.45) is 0 Å². The van der Waals surface area contributed by atoms with Gasteiger partial charge >= 0.3 is 5.97 Å². The van der Waals surface area contributed by atoms with Crippen LogP contribution in [-0.4, -0.2) is 46.5 Å². The average Bonchev–Trinajstić information content (AvgIpc) is 2.91. The lowest BCUT2D eigenvalue weighted by molar-refractivity contribution is -0.136. The maximum Gasteiger partial charge on any atom is 0.303 e. The molecule has 2 N–H and O–H groups in total. The molecule has 0 aliphatic heterocycles. The molecule has 2 rings (SSSR count). The number of rotatable bonds is 9. The predicted molar refractivity (Wildman–Crippen MR) is 97.8 cm³/mol. The summed E-state index contributed by atoms with van der Waals surface area (Å²) in [7, 11) is 0. The fraction of sp³-hybridized carbons (Fsp3) is 0.421. The minimum Gasteiger partial charge on any atom is -0.481 e. The Bertz CT molecular complexity index is 766. The first-order valence-corrected chi connectivity index (χ1v) is 8.67. The summed E-state index contributed by atoms with van der Waals surface area (Å²) in [6.45, 7) is 7.30. The third-order valence-electron chi connectivity index (χ3n) is 4.14. The first-order valence-electron chi connectivity index (χ1n) is 8.67. The number of carbonyl (C=O) groups is 2. The second-order valence-corrected chi connectivity index (χ2v) is 5.95. The highest BCUT2D eigenvalue weighted by atomic mass is 16.5. The molecule has 1 aromatic heterocycles. The van der Waals surface area contributed by atoms with E-state index in [0.717, 1.165) is 22.6 Å². The summed E-state index contributed by atoms with van der Waals surface area (Å²) >= 11 is 0. The quantitative estimate of drug-likeness (QED) is 0.670. The molecule has 7 nitrogen and oxygen atoms in total. The molecule has 7 heteroatoms. The Morgan fingerprint density at radius 1 is 1.23 bits per heavy atom. The topological polar surface area (TPSA) is 93.5 Å². The summed E-state index contributed by atoms with van der Waals surface area (Å²) in [4.78, 5) is 22.9. The van der Waals surface area contributed by atoms with Gasteiger partial charge < -0.3 is 15.2 Å². The smallest absolute Gasteiger partial charge is 0.303 e. The van der Waals surface area contributed by atoms with E-state index < -0.39 is 5.97 Å². The van der Waals surface area contributed by atoms with Gasteiger partial charge in [-0.2, -0.15) is 5.10 Å². The van der Waals surface area contributed by atoms with Gasteiger partial charge in [0.1, 0.15) is 0 Å². The zero-order valence-electron chi connectivity index (χ0n) is 15.4. The van der Waals surface area contributed by atoms with Crippen LogP contribution in [0.4, 0.5) is 0 Å². The van der Waals surface area contributed by atoms with E-state index in [1.165, 1.54) is 0 Å². The molecule has 1 heterocycles. The van der Waals surface area contributed by atoms with Gasteiger partial charge in [-0.05, 0) is 57.0 Å². The molecule has 0 fully saturated rings. The zero-order chi connectivity index (χ0) is 19.1. The van der Waals surface area contributed by atoms with Crippen LogP contribution in [0, 0.1) is 13.8 Å². The maximum atomic E-state index is 12.1. The molecule has 0 aliphatic rings. The van der Waals surface area contributed by atoms with Crippen molar-refractivity contribution in [1.82, 2.24) is 15.1 Å². The number of nitrogens with zero attached hydrogens (tertiary/aromatic N) is 2. The number of aryl methyl sites for hydroxylation is 1. The van der Waals surface area contributed by atoms with Crippen molar-refractivity contribution >= 4 is 11.9 Å². The zero-order valence-corrected chi connectivity index (χ0v) is 15.4. The van der Waals surface area contributed by atoms with Crippen LogP contribution in [0.3, 0.4) is 0 Å². The van der Waals surface area contributed by atoms with E-state index in [2.05, 4.69) is 10.4 Å². The Kier molecular flexibility index (Phi) is 6.91.